The van der Waals surface area contributed by atoms with E-state index in [9.17, 15) is 8.42 Å². The zero-order valence-corrected chi connectivity index (χ0v) is 22.2. The van der Waals surface area contributed by atoms with E-state index < -0.39 is 21.2 Å². The third-order valence-electron chi connectivity index (χ3n) is 6.35. The van der Waals surface area contributed by atoms with Gasteiger partial charge in [0, 0.05) is 24.2 Å². The summed E-state index contributed by atoms with van der Waals surface area (Å²) < 4.78 is 48.2. The normalized spacial score (nSPS) is 19.6. The van der Waals surface area contributed by atoms with Crippen molar-refractivity contribution in [2.45, 2.75) is 50.4 Å². The lowest BCUT2D eigenvalue weighted by atomic mass is 10.1. The van der Waals surface area contributed by atoms with Gasteiger partial charge in [0.2, 0.25) is 16.0 Å². The van der Waals surface area contributed by atoms with E-state index in [0.29, 0.717) is 46.9 Å². The molecule has 1 aliphatic heterocycles. The molecule has 1 aliphatic rings. The molecule has 36 heavy (non-hydrogen) atoms. The van der Waals surface area contributed by atoms with Crippen molar-refractivity contribution in [2.24, 2.45) is 0 Å². The molecule has 3 heterocycles. The third kappa shape index (κ3) is 5.11. The molecule has 1 fully saturated rings. The number of ether oxygens (including phenoxy) is 3. The number of aromatic nitrogens is 5. The molecule has 0 bridgehead atoms. The van der Waals surface area contributed by atoms with Crippen LogP contribution in [0, 0.1) is 0 Å². The van der Waals surface area contributed by atoms with Crippen molar-refractivity contribution >= 4 is 27.6 Å². The maximum Gasteiger partial charge on any atom is 0.243 e. The van der Waals surface area contributed by atoms with E-state index >= 15 is 0 Å². The number of nitrogens with zero attached hydrogens (tertiary/aromatic N) is 5. The molecule has 3 aromatic rings. The molecular weight excluding hydrogens is 508 g/mol. The van der Waals surface area contributed by atoms with Crippen LogP contribution in [-0.4, -0.2) is 65.3 Å². The number of hydrogen-bond donors (Lipinski definition) is 1. The molecule has 0 amide bonds. The Hall–Kier alpha value is -2.96. The monoisotopic (exact) mass is 536 g/mol. The third-order valence-corrected chi connectivity index (χ3v) is 8.40. The molecule has 1 N–H and O–H groups in total. The standard InChI is InChI=1S/C23H29ClN6O5S/c1-13-9-16(12-35-13)22-27-28-23(30(22)20-18(33-4)7-6-8-19(20)34-5)29-36(31,32)15(3)14(2)21-25-10-17(24)11-26-21/h6-8,10-11,13-16H,9,12H2,1-5H3,(H,28,29)/t13-,14+,15+,16-/m1/s1. The minimum atomic E-state index is -3.96. The fourth-order valence-electron chi connectivity index (χ4n) is 4.15. The predicted molar refractivity (Wildman–Crippen MR) is 135 cm³/mol. The van der Waals surface area contributed by atoms with E-state index in [2.05, 4.69) is 24.9 Å². The van der Waals surface area contributed by atoms with Gasteiger partial charge in [-0.25, -0.2) is 18.4 Å². The summed E-state index contributed by atoms with van der Waals surface area (Å²) in [6.07, 6.45) is 3.63. The van der Waals surface area contributed by atoms with Crippen LogP contribution in [0.2, 0.25) is 5.02 Å². The Labute approximate surface area is 215 Å². The van der Waals surface area contributed by atoms with Crippen molar-refractivity contribution in [1.82, 2.24) is 24.7 Å². The van der Waals surface area contributed by atoms with Gasteiger partial charge in [0.15, 0.2) is 0 Å². The van der Waals surface area contributed by atoms with E-state index in [0.717, 1.165) is 0 Å². The lowest BCUT2D eigenvalue weighted by Crippen LogP contribution is -2.31. The number of methoxy groups -OCH3 is 2. The topological polar surface area (TPSA) is 130 Å². The number of halogens is 1. The average molecular weight is 537 g/mol. The Morgan fingerprint density at radius 3 is 2.33 bits per heavy atom. The number of benzene rings is 1. The van der Waals surface area contributed by atoms with E-state index in [-0.39, 0.29) is 18.0 Å². The molecule has 13 heteroatoms. The van der Waals surface area contributed by atoms with Gasteiger partial charge in [0.1, 0.15) is 28.8 Å². The van der Waals surface area contributed by atoms with Crippen LogP contribution in [0.3, 0.4) is 0 Å². The second-order valence-electron chi connectivity index (χ2n) is 8.71. The minimum Gasteiger partial charge on any atom is -0.494 e. The first kappa shape index (κ1) is 26.1. The van der Waals surface area contributed by atoms with Gasteiger partial charge in [-0.15, -0.1) is 10.2 Å². The maximum absolute atomic E-state index is 13.5. The van der Waals surface area contributed by atoms with Crippen LogP contribution in [0.1, 0.15) is 50.7 Å². The van der Waals surface area contributed by atoms with Gasteiger partial charge in [-0.3, -0.25) is 9.29 Å². The first-order valence-electron chi connectivity index (χ1n) is 11.4. The summed E-state index contributed by atoms with van der Waals surface area (Å²) in [5.74, 6) is 1.24. The van der Waals surface area contributed by atoms with Crippen molar-refractivity contribution in [3.63, 3.8) is 0 Å². The molecule has 194 valence electrons. The molecule has 4 atom stereocenters. The highest BCUT2D eigenvalue weighted by Crippen LogP contribution is 2.39. The van der Waals surface area contributed by atoms with Gasteiger partial charge in [0.25, 0.3) is 0 Å². The van der Waals surface area contributed by atoms with Crippen molar-refractivity contribution in [2.75, 3.05) is 25.5 Å². The predicted octanol–water partition coefficient (Wildman–Crippen LogP) is 3.55. The Morgan fingerprint density at radius 1 is 1.14 bits per heavy atom. The number of nitrogens with one attached hydrogen (secondary N) is 1. The number of hydrogen-bond acceptors (Lipinski definition) is 9. The lowest BCUT2D eigenvalue weighted by molar-refractivity contribution is 0.123. The number of para-hydroxylation sites is 1. The van der Waals surface area contributed by atoms with Crippen LogP contribution in [-0.2, 0) is 14.8 Å². The van der Waals surface area contributed by atoms with Crippen LogP contribution in [0.5, 0.6) is 11.5 Å². The average Bonchev–Trinajstić information content (AvgIpc) is 3.48. The smallest absolute Gasteiger partial charge is 0.243 e. The van der Waals surface area contributed by atoms with Gasteiger partial charge in [-0.2, -0.15) is 0 Å². The Morgan fingerprint density at radius 2 is 1.78 bits per heavy atom. The quantitative estimate of drug-likeness (QED) is 0.436. The second kappa shape index (κ2) is 10.6. The Balaban J connectivity index is 1.77. The zero-order chi connectivity index (χ0) is 26.0. The van der Waals surface area contributed by atoms with Gasteiger partial charge in [-0.05, 0) is 32.4 Å². The van der Waals surface area contributed by atoms with E-state index in [1.165, 1.54) is 26.6 Å². The summed E-state index contributed by atoms with van der Waals surface area (Å²) in [6.45, 7) is 5.74. The largest absolute Gasteiger partial charge is 0.494 e. The van der Waals surface area contributed by atoms with Crippen molar-refractivity contribution in [3.05, 3.63) is 47.3 Å². The van der Waals surface area contributed by atoms with Crippen LogP contribution in [0.25, 0.3) is 5.69 Å². The summed E-state index contributed by atoms with van der Waals surface area (Å²) in [6, 6.07) is 5.30. The van der Waals surface area contributed by atoms with Crippen molar-refractivity contribution in [3.8, 4) is 17.2 Å². The minimum absolute atomic E-state index is 0.0171. The van der Waals surface area contributed by atoms with Crippen LogP contribution in [0.4, 0.5) is 5.95 Å². The summed E-state index contributed by atoms with van der Waals surface area (Å²) in [7, 11) is -0.900. The van der Waals surface area contributed by atoms with Crippen LogP contribution < -0.4 is 14.2 Å². The molecule has 0 spiro atoms. The van der Waals surface area contributed by atoms with Crippen LogP contribution >= 0.6 is 11.6 Å². The molecular formula is C23H29ClN6O5S. The lowest BCUT2D eigenvalue weighted by Gasteiger charge is -2.22. The summed E-state index contributed by atoms with van der Waals surface area (Å²) >= 11 is 5.88. The maximum atomic E-state index is 13.5. The SMILES string of the molecule is COc1cccc(OC)c1-n1c(NS(=O)(=O)[C@@H](C)[C@H](C)c2ncc(Cl)cn2)nnc1[C@H]1CO[C@H](C)C1. The first-order valence-corrected chi connectivity index (χ1v) is 13.4. The fourth-order valence-corrected chi connectivity index (χ4v) is 5.48. The number of anilines is 1. The number of sulfonamides is 1. The van der Waals surface area contributed by atoms with Crippen LogP contribution in [0.15, 0.2) is 30.6 Å². The molecule has 4 rings (SSSR count). The fraction of sp³-hybridized carbons (Fsp3) is 0.478. The van der Waals surface area contributed by atoms with Gasteiger partial charge in [0.05, 0.1) is 37.2 Å². The van der Waals surface area contributed by atoms with Crippen molar-refractivity contribution < 1.29 is 22.6 Å². The summed E-state index contributed by atoms with van der Waals surface area (Å²) in [5.41, 5.74) is 0.487. The molecule has 0 radical (unpaired) electrons. The van der Waals surface area contributed by atoms with E-state index in [1.807, 2.05) is 6.92 Å². The molecule has 1 saturated heterocycles. The second-order valence-corrected chi connectivity index (χ2v) is 11.2. The Bertz CT molecular complexity index is 1290. The van der Waals surface area contributed by atoms with E-state index in [1.54, 1.807) is 36.6 Å². The highest BCUT2D eigenvalue weighted by Gasteiger charge is 2.35. The highest BCUT2D eigenvalue weighted by atomic mass is 35.5. The molecule has 2 aromatic heterocycles. The van der Waals surface area contributed by atoms with E-state index in [4.69, 9.17) is 25.8 Å². The highest BCUT2D eigenvalue weighted by molar-refractivity contribution is 7.93. The molecule has 0 saturated carbocycles. The molecule has 0 aliphatic carbocycles. The molecule has 11 nitrogen and oxygen atoms in total. The van der Waals surface area contributed by atoms with Gasteiger partial charge in [-0.1, -0.05) is 24.6 Å². The summed E-state index contributed by atoms with van der Waals surface area (Å²) in [5, 5.41) is 8.07. The molecule has 1 aromatic carbocycles. The van der Waals surface area contributed by atoms with Gasteiger partial charge >= 0.3 is 0 Å². The molecule has 0 unspecified atom stereocenters. The van der Waals surface area contributed by atoms with Crippen molar-refractivity contribution in [1.29, 1.82) is 0 Å². The number of rotatable bonds is 9. The zero-order valence-electron chi connectivity index (χ0n) is 20.7. The first-order chi connectivity index (χ1) is 17.2. The Kier molecular flexibility index (Phi) is 7.67. The summed E-state index contributed by atoms with van der Waals surface area (Å²) in [4.78, 5) is 8.36. The van der Waals surface area contributed by atoms with Gasteiger partial charge < -0.3 is 14.2 Å².